The highest BCUT2D eigenvalue weighted by Crippen LogP contribution is 2.34. The van der Waals surface area contributed by atoms with Gasteiger partial charge in [-0.3, -0.25) is 0 Å². The number of imidazole rings is 1. The third-order valence-electron chi connectivity index (χ3n) is 7.11. The van der Waals surface area contributed by atoms with Crippen LogP contribution in [0.5, 0.6) is 6.01 Å². The molecule has 4 atom stereocenters. The van der Waals surface area contributed by atoms with Crippen molar-refractivity contribution in [3.63, 3.8) is 0 Å². The Morgan fingerprint density at radius 1 is 1.02 bits per heavy atom. The third kappa shape index (κ3) is 5.56. The second kappa shape index (κ2) is 10.8. The number of hydrogen-bond donors (Lipinski definition) is 2. The van der Waals surface area contributed by atoms with Crippen LogP contribution in [-0.2, 0) is 25.6 Å². The minimum absolute atomic E-state index is 0.213. The number of aliphatic hydroxyl groups is 1. The highest BCUT2D eigenvalue weighted by molar-refractivity contribution is 7.92. The predicted molar refractivity (Wildman–Crippen MR) is 151 cm³/mol. The molecule has 0 radical (unpaired) electrons. The molecule has 0 saturated carbocycles. The van der Waals surface area contributed by atoms with Gasteiger partial charge in [0.25, 0.3) is 6.01 Å². The molecule has 1 unspecified atom stereocenters. The molecule has 2 N–H and O–H groups in total. The average molecular weight is 585 g/mol. The molecule has 0 aliphatic carbocycles. The van der Waals surface area contributed by atoms with E-state index in [1.54, 1.807) is 12.1 Å². The molecule has 2 aromatic heterocycles. The van der Waals surface area contributed by atoms with Crippen LogP contribution in [0, 0.1) is 11.6 Å². The predicted octanol–water partition coefficient (Wildman–Crippen LogP) is 4.79. The number of hydrogen-bond acceptors (Lipinski definition) is 8. The monoisotopic (exact) mass is 584 g/mol. The van der Waals surface area contributed by atoms with Gasteiger partial charge in [0.15, 0.2) is 23.4 Å². The molecule has 2 saturated heterocycles. The summed E-state index contributed by atoms with van der Waals surface area (Å²) in [5.74, 6) is -1.74. The van der Waals surface area contributed by atoms with Crippen LogP contribution in [-0.4, -0.2) is 74.4 Å². The van der Waals surface area contributed by atoms with Gasteiger partial charge < -0.3 is 24.3 Å². The van der Waals surface area contributed by atoms with E-state index < -0.39 is 45.4 Å². The zero-order valence-electron chi connectivity index (χ0n) is 22.8. The Kier molecular flexibility index (Phi) is 7.26. The van der Waals surface area contributed by atoms with Crippen molar-refractivity contribution in [2.24, 2.45) is 4.36 Å². The first-order valence-corrected chi connectivity index (χ1v) is 15.7. The van der Waals surface area contributed by atoms with Gasteiger partial charge in [-0.15, -0.1) is 0 Å². The number of aryl methyl sites for hydroxylation is 1. The van der Waals surface area contributed by atoms with Gasteiger partial charge in [-0.2, -0.15) is 9.35 Å². The van der Waals surface area contributed by atoms with Crippen LogP contribution in [0.25, 0.3) is 33.5 Å². The fourth-order valence-electron chi connectivity index (χ4n) is 5.28. The highest BCUT2D eigenvalue weighted by atomic mass is 32.2. The lowest BCUT2D eigenvalue weighted by Gasteiger charge is -2.15. The molecule has 216 valence electrons. The molecule has 2 fully saturated rings. The fourth-order valence-corrected chi connectivity index (χ4v) is 5.89. The zero-order chi connectivity index (χ0) is 28.9. The number of rotatable bonds is 7. The number of aromatic amines is 1. The zero-order valence-corrected chi connectivity index (χ0v) is 23.6. The smallest absolute Gasteiger partial charge is 0.296 e. The normalized spacial score (nSPS) is 22.3. The van der Waals surface area contributed by atoms with Crippen LogP contribution in [0.15, 0.2) is 46.8 Å². The summed E-state index contributed by atoms with van der Waals surface area (Å²) in [6.45, 7) is 2.59. The second-order valence-electron chi connectivity index (χ2n) is 10.6. The van der Waals surface area contributed by atoms with Crippen LogP contribution >= 0.6 is 0 Å². The van der Waals surface area contributed by atoms with Crippen molar-refractivity contribution in [2.75, 3.05) is 25.7 Å². The molecule has 0 bridgehead atoms. The highest BCUT2D eigenvalue weighted by Gasteiger charge is 2.48. The topological polar surface area (TPSA) is 119 Å². The number of fused-ring (bicyclic) bond motifs is 2. The van der Waals surface area contributed by atoms with Crippen LogP contribution in [0.3, 0.4) is 0 Å². The lowest BCUT2D eigenvalue weighted by atomic mass is 9.98. The molecule has 2 aliphatic heterocycles. The van der Waals surface area contributed by atoms with Crippen LogP contribution in [0.1, 0.15) is 18.9 Å². The van der Waals surface area contributed by atoms with E-state index in [0.29, 0.717) is 29.4 Å². The number of nitrogens with one attached hydrogen (secondary N) is 1. The van der Waals surface area contributed by atoms with Crippen molar-refractivity contribution in [3.05, 3.63) is 59.7 Å². The van der Waals surface area contributed by atoms with Crippen molar-refractivity contribution in [2.45, 2.75) is 44.2 Å². The van der Waals surface area contributed by atoms with Gasteiger partial charge in [-0.1, -0.05) is 37.6 Å². The average Bonchev–Trinajstić information content (AvgIpc) is 3.62. The lowest BCUT2D eigenvalue weighted by Crippen LogP contribution is -2.34. The van der Waals surface area contributed by atoms with Crippen molar-refractivity contribution in [1.82, 2.24) is 15.0 Å². The van der Waals surface area contributed by atoms with Crippen LogP contribution in [0.4, 0.5) is 14.5 Å². The molecular weight excluding hydrogens is 554 g/mol. The number of pyridine rings is 1. The van der Waals surface area contributed by atoms with Crippen molar-refractivity contribution in [3.8, 4) is 28.4 Å². The van der Waals surface area contributed by atoms with E-state index in [4.69, 9.17) is 19.2 Å². The van der Waals surface area contributed by atoms with Gasteiger partial charge >= 0.3 is 0 Å². The summed E-state index contributed by atoms with van der Waals surface area (Å²) < 4.78 is 62.3. The Balaban J connectivity index is 1.29. The number of aliphatic hydroxyl groups excluding tert-OH is 1. The van der Waals surface area contributed by atoms with Crippen molar-refractivity contribution < 1.29 is 32.3 Å². The summed E-state index contributed by atoms with van der Waals surface area (Å²) in [5.41, 5.74) is 4.22. The molecule has 6 rings (SSSR count). The molecule has 9 nitrogen and oxygen atoms in total. The molecule has 0 spiro atoms. The largest absolute Gasteiger partial charge is 0.456 e. The Bertz CT molecular complexity index is 1700. The SMILES string of the molecule is CCCc1cc2[nH]c(O[C@@H]3COC4[C@H](O)CO[C@@H]43)nc2nc1-c1ccc(-c2cc(F)c(N=S(C)(C)=O)c(F)c2)cc1. The van der Waals surface area contributed by atoms with Crippen LogP contribution in [0.2, 0.25) is 0 Å². The van der Waals surface area contributed by atoms with Crippen LogP contribution < -0.4 is 4.74 Å². The summed E-state index contributed by atoms with van der Waals surface area (Å²) >= 11 is 0. The maximum Gasteiger partial charge on any atom is 0.296 e. The lowest BCUT2D eigenvalue weighted by molar-refractivity contribution is 0.00706. The minimum atomic E-state index is -2.72. The summed E-state index contributed by atoms with van der Waals surface area (Å²) in [7, 11) is -2.72. The molecular formula is C29H30F2N4O5S. The molecule has 12 heteroatoms. The minimum Gasteiger partial charge on any atom is -0.456 e. The molecule has 0 amide bonds. The summed E-state index contributed by atoms with van der Waals surface area (Å²) in [5, 5.41) is 9.99. The van der Waals surface area contributed by atoms with Crippen molar-refractivity contribution in [1.29, 1.82) is 0 Å². The fraction of sp³-hybridized carbons (Fsp3) is 0.379. The Labute approximate surface area is 236 Å². The van der Waals surface area contributed by atoms with Gasteiger partial charge in [-0.25, -0.2) is 18.0 Å². The first-order valence-electron chi connectivity index (χ1n) is 13.3. The van der Waals surface area contributed by atoms with E-state index >= 15 is 0 Å². The molecule has 2 aliphatic rings. The molecule has 4 aromatic rings. The number of benzene rings is 2. The third-order valence-corrected chi connectivity index (χ3v) is 7.74. The Morgan fingerprint density at radius 3 is 2.39 bits per heavy atom. The van der Waals surface area contributed by atoms with E-state index in [2.05, 4.69) is 21.3 Å². The second-order valence-corrected chi connectivity index (χ2v) is 13.2. The standard InChI is InChI=1S/C29H30F2N4O5S/c1-4-5-17-12-21-28(34-29(32-21)40-23-14-39-26-22(36)13-38-27(23)26)33-24(17)16-8-6-15(7-9-16)18-10-19(30)25(20(31)11-18)35-41(2,3)37/h6-12,22-23,26-27,36H,4-5,13-14H2,1-3H3,(H,32,33,34)/t22-,23-,26?,27-/m1/s1. The number of ether oxygens (including phenoxy) is 3. The van der Waals surface area contributed by atoms with E-state index in [9.17, 15) is 18.1 Å². The molecule has 41 heavy (non-hydrogen) atoms. The number of nitrogens with zero attached hydrogens (tertiary/aromatic N) is 3. The Morgan fingerprint density at radius 2 is 1.71 bits per heavy atom. The summed E-state index contributed by atoms with van der Waals surface area (Å²) in [6.07, 6.45) is 2.50. The van der Waals surface area contributed by atoms with E-state index in [0.717, 1.165) is 35.2 Å². The van der Waals surface area contributed by atoms with Gasteiger partial charge in [0.05, 0.1) is 24.4 Å². The first-order chi connectivity index (χ1) is 19.6. The van der Waals surface area contributed by atoms with Gasteiger partial charge in [0.1, 0.15) is 24.0 Å². The quantitative estimate of drug-likeness (QED) is 0.321. The van der Waals surface area contributed by atoms with E-state index in [-0.39, 0.29) is 12.7 Å². The molecule has 4 heterocycles. The maximum atomic E-state index is 14.7. The van der Waals surface area contributed by atoms with Gasteiger partial charge in [0.2, 0.25) is 0 Å². The van der Waals surface area contributed by atoms with E-state index in [1.165, 1.54) is 24.6 Å². The number of aromatic nitrogens is 3. The van der Waals surface area contributed by atoms with Gasteiger partial charge in [0, 0.05) is 27.8 Å². The molecule has 2 aromatic carbocycles. The maximum absolute atomic E-state index is 14.7. The summed E-state index contributed by atoms with van der Waals surface area (Å²) in [4.78, 5) is 12.6. The first kappa shape index (κ1) is 27.7. The van der Waals surface area contributed by atoms with E-state index in [1.807, 2.05) is 18.2 Å². The summed E-state index contributed by atoms with van der Waals surface area (Å²) in [6, 6.07) is 11.9. The number of H-pyrrole nitrogens is 1. The number of halogens is 2. The van der Waals surface area contributed by atoms with Gasteiger partial charge in [-0.05, 0) is 41.3 Å². The Hall–Kier alpha value is -3.45. The van der Waals surface area contributed by atoms with Crippen molar-refractivity contribution >= 4 is 26.6 Å².